The van der Waals surface area contributed by atoms with Crippen molar-refractivity contribution >= 4 is 37.5 Å². The minimum Gasteiger partial charge on any atom is -0.336 e. The van der Waals surface area contributed by atoms with E-state index in [0.717, 1.165) is 30.0 Å². The zero-order valence-corrected chi connectivity index (χ0v) is 16.1. The smallest absolute Gasteiger partial charge is 0.243 e. The summed E-state index contributed by atoms with van der Waals surface area (Å²) in [7, 11) is -3.54. The van der Waals surface area contributed by atoms with Crippen LogP contribution in [0.3, 0.4) is 0 Å². The number of carbonyl (C=O) groups excluding carboxylic acids is 1. The highest BCUT2D eigenvalue weighted by Crippen LogP contribution is 2.25. The van der Waals surface area contributed by atoms with Crippen LogP contribution in [0.2, 0.25) is 0 Å². The number of piperidine rings is 1. The number of rotatable bonds is 4. The van der Waals surface area contributed by atoms with Gasteiger partial charge in [0.1, 0.15) is 6.54 Å². The summed E-state index contributed by atoms with van der Waals surface area (Å²) in [5.41, 5.74) is 0.493. The summed E-state index contributed by atoms with van der Waals surface area (Å²) in [6.45, 7) is 3.89. The van der Waals surface area contributed by atoms with Gasteiger partial charge in [-0.25, -0.2) is 8.42 Å². The molecule has 1 aromatic rings. The summed E-state index contributed by atoms with van der Waals surface area (Å²) < 4.78 is 26.3. The van der Waals surface area contributed by atoms with E-state index in [-0.39, 0.29) is 24.5 Å². The van der Waals surface area contributed by atoms with Gasteiger partial charge in [0, 0.05) is 16.6 Å². The van der Waals surface area contributed by atoms with E-state index >= 15 is 0 Å². The van der Waals surface area contributed by atoms with Crippen molar-refractivity contribution in [1.82, 2.24) is 4.90 Å². The van der Waals surface area contributed by atoms with Crippen molar-refractivity contribution in [1.29, 1.82) is 0 Å². The van der Waals surface area contributed by atoms with Gasteiger partial charge in [0.05, 0.1) is 11.9 Å². The Bertz CT molecular complexity index is 668. The summed E-state index contributed by atoms with van der Waals surface area (Å²) in [6.07, 6.45) is 4.16. The van der Waals surface area contributed by atoms with Crippen LogP contribution in [0.4, 0.5) is 5.69 Å². The summed E-state index contributed by atoms with van der Waals surface area (Å²) >= 11 is 3.34. The average Bonchev–Trinajstić information content (AvgIpc) is 2.43. The van der Waals surface area contributed by atoms with Gasteiger partial charge in [0.2, 0.25) is 15.9 Å². The highest BCUT2D eigenvalue weighted by molar-refractivity contribution is 9.10. The molecule has 0 aromatic heterocycles. The minimum absolute atomic E-state index is 0.143. The van der Waals surface area contributed by atoms with E-state index in [4.69, 9.17) is 0 Å². The number of nitrogens with zero attached hydrogens (tertiary/aromatic N) is 2. The van der Waals surface area contributed by atoms with Gasteiger partial charge in [-0.2, -0.15) is 0 Å². The number of halogens is 1. The van der Waals surface area contributed by atoms with Crippen LogP contribution < -0.4 is 4.31 Å². The monoisotopic (exact) mass is 402 g/mol. The lowest BCUT2D eigenvalue weighted by Gasteiger charge is -2.40. The second-order valence-corrected chi connectivity index (χ2v) is 9.00. The molecule has 1 heterocycles. The number of hydrogen-bond donors (Lipinski definition) is 0. The van der Waals surface area contributed by atoms with Crippen LogP contribution >= 0.6 is 15.9 Å². The molecule has 0 unspecified atom stereocenters. The van der Waals surface area contributed by atoms with E-state index in [2.05, 4.69) is 15.9 Å². The van der Waals surface area contributed by atoms with E-state index in [1.807, 2.05) is 24.8 Å². The molecule has 23 heavy (non-hydrogen) atoms. The predicted molar refractivity (Wildman–Crippen MR) is 96.0 cm³/mol. The molecule has 1 aliphatic heterocycles. The summed E-state index contributed by atoms with van der Waals surface area (Å²) in [5.74, 6) is -0.143. The lowest BCUT2D eigenvalue weighted by Crippen LogP contribution is -2.51. The molecule has 1 fully saturated rings. The second kappa shape index (κ2) is 7.21. The molecule has 0 spiro atoms. The van der Waals surface area contributed by atoms with Crippen LogP contribution in [0.1, 0.15) is 33.1 Å². The standard InChI is InChI=1S/C16H23BrN2O3S/c1-12-6-4-7-13(2)19(12)16(20)11-18(23(3,21)22)15-9-5-8-14(17)10-15/h5,8-10,12-13H,4,6-7,11H2,1-3H3/t12-,13-/m1/s1. The lowest BCUT2D eigenvalue weighted by molar-refractivity contribution is -0.135. The molecule has 0 N–H and O–H groups in total. The number of hydrogen-bond acceptors (Lipinski definition) is 3. The molecule has 0 radical (unpaired) electrons. The number of anilines is 1. The Hall–Kier alpha value is -1.08. The van der Waals surface area contributed by atoms with Crippen LogP contribution in [0, 0.1) is 0 Å². The number of carbonyl (C=O) groups is 1. The molecular formula is C16H23BrN2O3S. The van der Waals surface area contributed by atoms with Crippen molar-refractivity contribution in [3.05, 3.63) is 28.7 Å². The van der Waals surface area contributed by atoms with Gasteiger partial charge in [-0.15, -0.1) is 0 Å². The molecule has 0 bridgehead atoms. The molecule has 2 atom stereocenters. The third-order valence-corrected chi connectivity index (χ3v) is 5.89. The van der Waals surface area contributed by atoms with Gasteiger partial charge >= 0.3 is 0 Å². The van der Waals surface area contributed by atoms with Crippen LogP contribution in [0.25, 0.3) is 0 Å². The van der Waals surface area contributed by atoms with Crippen molar-refractivity contribution in [2.24, 2.45) is 0 Å². The highest BCUT2D eigenvalue weighted by atomic mass is 79.9. The number of sulfonamides is 1. The first kappa shape index (κ1) is 18.3. The number of amides is 1. The Morgan fingerprint density at radius 3 is 2.43 bits per heavy atom. The average molecular weight is 403 g/mol. The van der Waals surface area contributed by atoms with Gasteiger partial charge in [0.15, 0.2) is 0 Å². The molecule has 1 aromatic carbocycles. The van der Waals surface area contributed by atoms with Gasteiger partial charge in [0.25, 0.3) is 0 Å². The number of benzene rings is 1. The maximum Gasteiger partial charge on any atom is 0.243 e. The topological polar surface area (TPSA) is 57.7 Å². The first-order valence-electron chi connectivity index (χ1n) is 7.74. The maximum absolute atomic E-state index is 12.7. The van der Waals surface area contributed by atoms with Crippen molar-refractivity contribution < 1.29 is 13.2 Å². The molecule has 1 aliphatic rings. The van der Waals surface area contributed by atoms with Gasteiger partial charge in [-0.3, -0.25) is 9.10 Å². The van der Waals surface area contributed by atoms with Gasteiger partial charge in [-0.1, -0.05) is 22.0 Å². The number of likely N-dealkylation sites (tertiary alicyclic amines) is 1. The largest absolute Gasteiger partial charge is 0.336 e. The van der Waals surface area contributed by atoms with E-state index in [0.29, 0.717) is 5.69 Å². The SMILES string of the molecule is C[C@@H]1CCC[C@@H](C)N1C(=O)CN(c1cccc(Br)c1)S(C)(=O)=O. The van der Waals surface area contributed by atoms with Crippen LogP contribution in [-0.4, -0.2) is 44.1 Å². The first-order valence-corrected chi connectivity index (χ1v) is 10.4. The fourth-order valence-corrected chi connectivity index (χ4v) is 4.38. The zero-order valence-electron chi connectivity index (χ0n) is 13.7. The fourth-order valence-electron chi connectivity index (χ4n) is 3.15. The fraction of sp³-hybridized carbons (Fsp3) is 0.562. The van der Waals surface area contributed by atoms with E-state index in [1.165, 1.54) is 4.31 Å². The van der Waals surface area contributed by atoms with Gasteiger partial charge < -0.3 is 4.90 Å². The Labute approximate surface area is 146 Å². The van der Waals surface area contributed by atoms with Crippen molar-refractivity contribution in [3.63, 3.8) is 0 Å². The Kier molecular flexibility index (Phi) is 5.73. The molecule has 1 saturated heterocycles. The Balaban J connectivity index is 2.26. The summed E-state index contributed by atoms with van der Waals surface area (Å²) in [5, 5.41) is 0. The summed E-state index contributed by atoms with van der Waals surface area (Å²) in [6, 6.07) is 7.28. The van der Waals surface area contributed by atoms with E-state index in [1.54, 1.807) is 18.2 Å². The third-order valence-electron chi connectivity index (χ3n) is 4.26. The van der Waals surface area contributed by atoms with E-state index in [9.17, 15) is 13.2 Å². The van der Waals surface area contributed by atoms with Crippen molar-refractivity contribution in [3.8, 4) is 0 Å². The summed E-state index contributed by atoms with van der Waals surface area (Å²) in [4.78, 5) is 14.6. The molecular weight excluding hydrogens is 380 g/mol. The Morgan fingerprint density at radius 2 is 1.91 bits per heavy atom. The molecule has 7 heteroatoms. The molecule has 5 nitrogen and oxygen atoms in total. The van der Waals surface area contributed by atoms with Crippen molar-refractivity contribution in [2.75, 3.05) is 17.1 Å². The molecule has 128 valence electrons. The van der Waals surface area contributed by atoms with Crippen LogP contribution in [0.15, 0.2) is 28.7 Å². The quantitative estimate of drug-likeness (QED) is 0.777. The second-order valence-electron chi connectivity index (χ2n) is 6.18. The molecule has 2 rings (SSSR count). The highest BCUT2D eigenvalue weighted by Gasteiger charge is 2.31. The van der Waals surface area contributed by atoms with E-state index < -0.39 is 10.0 Å². The van der Waals surface area contributed by atoms with Crippen LogP contribution in [0.5, 0.6) is 0 Å². The third kappa shape index (κ3) is 4.47. The predicted octanol–water partition coefficient (Wildman–Crippen LogP) is 3.00. The molecule has 0 aliphatic carbocycles. The van der Waals surface area contributed by atoms with Crippen LogP contribution in [-0.2, 0) is 14.8 Å². The minimum atomic E-state index is -3.54. The lowest BCUT2D eigenvalue weighted by atomic mass is 9.97. The normalized spacial score (nSPS) is 22.0. The van der Waals surface area contributed by atoms with Crippen molar-refractivity contribution in [2.45, 2.75) is 45.2 Å². The first-order chi connectivity index (χ1) is 10.7. The maximum atomic E-state index is 12.7. The molecule has 1 amide bonds. The Morgan fingerprint density at radius 1 is 1.30 bits per heavy atom. The molecule has 0 saturated carbocycles. The zero-order chi connectivity index (χ0) is 17.2. The van der Waals surface area contributed by atoms with Gasteiger partial charge in [-0.05, 0) is 51.3 Å².